The molecular weight excluding hydrogens is 357 g/mol. The van der Waals surface area contributed by atoms with Crippen molar-refractivity contribution in [3.63, 3.8) is 0 Å². The number of unbranched alkanes of at least 4 members (excludes halogenated alkanes) is 2. The van der Waals surface area contributed by atoms with Crippen molar-refractivity contribution in [3.05, 3.63) is 72.2 Å². The zero-order valence-electron chi connectivity index (χ0n) is 15.7. The molecule has 0 aliphatic rings. The minimum Gasteiger partial charge on any atom is -0.439 e. The van der Waals surface area contributed by atoms with Crippen LogP contribution in [0.25, 0.3) is 11.4 Å². The third kappa shape index (κ3) is 5.36. The summed E-state index contributed by atoms with van der Waals surface area (Å²) in [5, 5.41) is 2.91. The third-order valence-electron chi connectivity index (χ3n) is 4.14. The van der Waals surface area contributed by atoms with E-state index in [9.17, 15) is 9.18 Å². The first-order valence-corrected chi connectivity index (χ1v) is 9.31. The summed E-state index contributed by atoms with van der Waals surface area (Å²) in [6.07, 6.45) is 4.78. The van der Waals surface area contributed by atoms with Gasteiger partial charge in [0.25, 0.3) is 5.91 Å². The lowest BCUT2D eigenvalue weighted by Gasteiger charge is -2.08. The number of carbonyl (C=O) groups excluding carboxylic acids is 1. The van der Waals surface area contributed by atoms with Crippen LogP contribution < -0.4 is 10.1 Å². The van der Waals surface area contributed by atoms with Gasteiger partial charge in [-0.3, -0.25) is 4.79 Å². The third-order valence-corrected chi connectivity index (χ3v) is 4.14. The van der Waals surface area contributed by atoms with Crippen molar-refractivity contribution in [3.8, 4) is 23.0 Å². The van der Waals surface area contributed by atoms with Crippen LogP contribution in [0.2, 0.25) is 0 Å². The number of carbonyl (C=O) groups is 1. The smallest absolute Gasteiger partial charge is 0.251 e. The normalized spacial score (nSPS) is 10.5. The molecule has 0 bridgehead atoms. The molecule has 0 unspecified atom stereocenters. The largest absolute Gasteiger partial charge is 0.439 e. The molecule has 6 heteroatoms. The molecule has 1 aromatic heterocycles. The second-order valence-corrected chi connectivity index (χ2v) is 6.31. The summed E-state index contributed by atoms with van der Waals surface area (Å²) in [7, 11) is 0. The lowest BCUT2D eigenvalue weighted by atomic mass is 10.2. The van der Waals surface area contributed by atoms with Gasteiger partial charge >= 0.3 is 0 Å². The minimum atomic E-state index is -0.314. The van der Waals surface area contributed by atoms with Gasteiger partial charge < -0.3 is 10.1 Å². The zero-order valence-corrected chi connectivity index (χ0v) is 15.7. The molecule has 0 saturated heterocycles. The van der Waals surface area contributed by atoms with E-state index in [2.05, 4.69) is 22.2 Å². The highest BCUT2D eigenvalue weighted by atomic mass is 19.1. The topological polar surface area (TPSA) is 64.1 Å². The second kappa shape index (κ2) is 9.60. The Balaban J connectivity index is 1.63. The van der Waals surface area contributed by atoms with Gasteiger partial charge in [-0.2, -0.15) is 4.98 Å². The fourth-order valence-electron chi connectivity index (χ4n) is 2.61. The number of amides is 1. The molecule has 0 fully saturated rings. The molecule has 0 spiro atoms. The van der Waals surface area contributed by atoms with E-state index in [0.29, 0.717) is 35.1 Å². The van der Waals surface area contributed by atoms with Gasteiger partial charge in [0.15, 0.2) is 5.82 Å². The van der Waals surface area contributed by atoms with E-state index < -0.39 is 0 Å². The number of rotatable bonds is 8. The summed E-state index contributed by atoms with van der Waals surface area (Å²) in [6.45, 7) is 2.80. The first-order valence-electron chi connectivity index (χ1n) is 9.31. The second-order valence-electron chi connectivity index (χ2n) is 6.31. The van der Waals surface area contributed by atoms with E-state index in [0.717, 1.165) is 19.3 Å². The van der Waals surface area contributed by atoms with Crippen LogP contribution in [0.1, 0.15) is 36.5 Å². The van der Waals surface area contributed by atoms with Gasteiger partial charge in [0.1, 0.15) is 11.6 Å². The van der Waals surface area contributed by atoms with Crippen molar-refractivity contribution in [2.24, 2.45) is 0 Å². The quantitative estimate of drug-likeness (QED) is 0.560. The zero-order chi connectivity index (χ0) is 19.8. The maximum atomic E-state index is 13.1. The Morgan fingerprint density at radius 2 is 1.79 bits per heavy atom. The number of aromatic nitrogens is 2. The maximum Gasteiger partial charge on any atom is 0.251 e. The van der Waals surface area contributed by atoms with Gasteiger partial charge in [-0.15, -0.1) is 0 Å². The Kier molecular flexibility index (Phi) is 6.68. The van der Waals surface area contributed by atoms with Gasteiger partial charge in [0.05, 0.1) is 0 Å². The molecule has 0 atom stereocenters. The highest BCUT2D eigenvalue weighted by molar-refractivity contribution is 5.94. The van der Waals surface area contributed by atoms with Gasteiger partial charge in [-0.05, 0) is 55.0 Å². The van der Waals surface area contributed by atoms with Crippen molar-refractivity contribution in [1.82, 2.24) is 15.3 Å². The minimum absolute atomic E-state index is 0.0942. The molecule has 3 rings (SSSR count). The first-order chi connectivity index (χ1) is 13.7. The molecule has 1 heterocycles. The van der Waals surface area contributed by atoms with Crippen LogP contribution in [0.15, 0.2) is 60.8 Å². The molecule has 2 aromatic carbocycles. The molecule has 1 amide bonds. The Hall–Kier alpha value is -3.28. The molecule has 0 aliphatic carbocycles. The number of hydrogen-bond acceptors (Lipinski definition) is 4. The average Bonchev–Trinajstić information content (AvgIpc) is 2.72. The standard InChI is InChI=1S/C22H22FN3O2/c1-2-3-4-14-25-22(27)17-7-11-19(12-8-17)28-20-13-15-24-21(26-20)16-5-9-18(23)10-6-16/h5-13,15H,2-4,14H2,1H3,(H,25,27). The van der Waals surface area contributed by atoms with Crippen LogP contribution in [-0.2, 0) is 0 Å². The lowest BCUT2D eigenvalue weighted by molar-refractivity contribution is 0.0953. The molecule has 3 aromatic rings. The van der Waals surface area contributed by atoms with Gasteiger partial charge in [-0.25, -0.2) is 9.37 Å². The summed E-state index contributed by atoms with van der Waals surface area (Å²) in [5.41, 5.74) is 1.28. The summed E-state index contributed by atoms with van der Waals surface area (Å²) in [5.74, 6) is 0.965. The molecule has 1 N–H and O–H groups in total. The number of ether oxygens (including phenoxy) is 1. The van der Waals surface area contributed by atoms with Crippen LogP contribution in [0.5, 0.6) is 11.6 Å². The predicted octanol–water partition coefficient (Wildman–Crippen LogP) is 5.00. The van der Waals surface area contributed by atoms with Gasteiger partial charge in [0.2, 0.25) is 5.88 Å². The Bertz CT molecular complexity index is 912. The van der Waals surface area contributed by atoms with Gasteiger partial charge in [0, 0.05) is 29.9 Å². The summed E-state index contributed by atoms with van der Waals surface area (Å²) in [6, 6.07) is 14.5. The van der Waals surface area contributed by atoms with Gasteiger partial charge in [-0.1, -0.05) is 19.8 Å². The van der Waals surface area contributed by atoms with E-state index in [4.69, 9.17) is 4.74 Å². The molecule has 0 radical (unpaired) electrons. The van der Waals surface area contributed by atoms with Crippen LogP contribution >= 0.6 is 0 Å². The highest BCUT2D eigenvalue weighted by Crippen LogP contribution is 2.22. The number of benzene rings is 2. The van der Waals surface area contributed by atoms with Crippen molar-refractivity contribution < 1.29 is 13.9 Å². The van der Waals surface area contributed by atoms with E-state index >= 15 is 0 Å². The number of nitrogens with one attached hydrogen (secondary N) is 1. The van der Waals surface area contributed by atoms with Crippen molar-refractivity contribution in [2.45, 2.75) is 26.2 Å². The number of nitrogens with zero attached hydrogens (tertiary/aromatic N) is 2. The average molecular weight is 379 g/mol. The van der Waals surface area contributed by atoms with Crippen molar-refractivity contribution in [2.75, 3.05) is 6.54 Å². The fraction of sp³-hybridized carbons (Fsp3) is 0.227. The summed E-state index contributed by atoms with van der Waals surface area (Å²) < 4.78 is 18.8. The van der Waals surface area contributed by atoms with Crippen LogP contribution in [0, 0.1) is 5.82 Å². The maximum absolute atomic E-state index is 13.1. The van der Waals surface area contributed by atoms with Crippen molar-refractivity contribution in [1.29, 1.82) is 0 Å². The van der Waals surface area contributed by atoms with Crippen LogP contribution in [0.4, 0.5) is 4.39 Å². The molecule has 0 aliphatic heterocycles. The number of hydrogen-bond donors (Lipinski definition) is 1. The molecule has 144 valence electrons. The van der Waals surface area contributed by atoms with E-state index in [-0.39, 0.29) is 11.7 Å². The lowest BCUT2D eigenvalue weighted by Crippen LogP contribution is -2.24. The predicted molar refractivity (Wildman–Crippen MR) is 106 cm³/mol. The van der Waals surface area contributed by atoms with E-state index in [1.165, 1.54) is 12.1 Å². The molecule has 5 nitrogen and oxygen atoms in total. The molecule has 28 heavy (non-hydrogen) atoms. The fourth-order valence-corrected chi connectivity index (χ4v) is 2.61. The monoisotopic (exact) mass is 379 g/mol. The summed E-state index contributed by atoms with van der Waals surface area (Å²) in [4.78, 5) is 20.6. The SMILES string of the molecule is CCCCCNC(=O)c1ccc(Oc2ccnc(-c3ccc(F)cc3)n2)cc1. The summed E-state index contributed by atoms with van der Waals surface area (Å²) >= 11 is 0. The molecule has 0 saturated carbocycles. The van der Waals surface area contributed by atoms with E-state index in [1.807, 2.05) is 0 Å². The van der Waals surface area contributed by atoms with Crippen molar-refractivity contribution >= 4 is 5.91 Å². The molecular formula is C22H22FN3O2. The Labute approximate surface area is 163 Å². The highest BCUT2D eigenvalue weighted by Gasteiger charge is 2.07. The Morgan fingerprint density at radius 3 is 2.50 bits per heavy atom. The first kappa shape index (κ1) is 19.5. The van der Waals surface area contributed by atoms with E-state index in [1.54, 1.807) is 48.7 Å². The van der Waals surface area contributed by atoms with Crippen LogP contribution in [-0.4, -0.2) is 22.4 Å². The Morgan fingerprint density at radius 1 is 1.04 bits per heavy atom. The van der Waals surface area contributed by atoms with Crippen LogP contribution in [0.3, 0.4) is 0 Å². The number of halogens is 1.